The second-order valence-corrected chi connectivity index (χ2v) is 5.94. The quantitative estimate of drug-likeness (QED) is 0.789. The van der Waals surface area contributed by atoms with E-state index in [0.717, 1.165) is 39.0 Å². The Morgan fingerprint density at radius 3 is 2.04 bits per heavy atom. The van der Waals surface area contributed by atoms with Crippen molar-refractivity contribution in [3.63, 3.8) is 0 Å². The molecule has 0 saturated carbocycles. The van der Waals surface area contributed by atoms with Crippen molar-refractivity contribution < 1.29 is 18.9 Å². The lowest BCUT2D eigenvalue weighted by atomic mass is 9.89. The zero-order chi connectivity index (χ0) is 17.1. The molecule has 0 unspecified atom stereocenters. The predicted molar refractivity (Wildman–Crippen MR) is 93.1 cm³/mol. The largest absolute Gasteiger partial charge is 0.496 e. The van der Waals surface area contributed by atoms with Crippen LogP contribution in [0.15, 0.2) is 12.1 Å². The molecule has 0 aliphatic carbocycles. The van der Waals surface area contributed by atoms with Crippen LogP contribution < -0.4 is 14.2 Å². The summed E-state index contributed by atoms with van der Waals surface area (Å²) in [7, 11) is 6.71. The van der Waals surface area contributed by atoms with Crippen molar-refractivity contribution in [2.45, 2.75) is 33.3 Å². The average Bonchev–Trinajstić information content (AvgIpc) is 2.52. The van der Waals surface area contributed by atoms with Crippen LogP contribution in [-0.2, 0) is 11.3 Å². The minimum Gasteiger partial charge on any atom is -0.496 e. The van der Waals surface area contributed by atoms with Gasteiger partial charge in [-0.3, -0.25) is 0 Å². The molecule has 0 aliphatic rings. The molecule has 2 aromatic carbocycles. The van der Waals surface area contributed by atoms with Crippen LogP contribution in [0, 0.1) is 6.92 Å². The molecule has 0 spiro atoms. The molecule has 4 nitrogen and oxygen atoms in total. The summed E-state index contributed by atoms with van der Waals surface area (Å²) < 4.78 is 22.5. The van der Waals surface area contributed by atoms with Gasteiger partial charge < -0.3 is 18.9 Å². The fraction of sp³-hybridized carbons (Fsp3) is 0.474. The van der Waals surface area contributed by atoms with Gasteiger partial charge in [0.05, 0.1) is 27.9 Å². The molecule has 0 heterocycles. The highest BCUT2D eigenvalue weighted by molar-refractivity contribution is 5.98. The summed E-state index contributed by atoms with van der Waals surface area (Å²) in [6.07, 6.45) is 0. The third kappa shape index (κ3) is 2.95. The Kier molecular flexibility index (Phi) is 5.37. The number of ether oxygens (including phenoxy) is 4. The Morgan fingerprint density at radius 1 is 0.913 bits per heavy atom. The topological polar surface area (TPSA) is 36.9 Å². The van der Waals surface area contributed by atoms with E-state index < -0.39 is 0 Å². The van der Waals surface area contributed by atoms with E-state index in [1.807, 2.05) is 6.07 Å². The average molecular weight is 318 g/mol. The van der Waals surface area contributed by atoms with Crippen molar-refractivity contribution in [2.24, 2.45) is 0 Å². The lowest BCUT2D eigenvalue weighted by Crippen LogP contribution is -2.05. The van der Waals surface area contributed by atoms with Crippen LogP contribution in [-0.4, -0.2) is 28.4 Å². The SMILES string of the molecule is COCc1c(OC)c(OC)c(C(C)C)c2cc(C)cc(OC)c12. The third-order valence-electron chi connectivity index (χ3n) is 4.06. The molecule has 0 aliphatic heterocycles. The molecule has 0 radical (unpaired) electrons. The summed E-state index contributed by atoms with van der Waals surface area (Å²) in [5.41, 5.74) is 3.22. The van der Waals surface area contributed by atoms with Gasteiger partial charge in [0.2, 0.25) is 0 Å². The minimum absolute atomic E-state index is 0.282. The zero-order valence-electron chi connectivity index (χ0n) is 15.1. The molecule has 2 rings (SSSR count). The molecule has 0 aromatic heterocycles. The predicted octanol–water partition coefficient (Wildman–Crippen LogP) is 4.44. The highest BCUT2D eigenvalue weighted by atomic mass is 16.5. The molecule has 0 amide bonds. The summed E-state index contributed by atoms with van der Waals surface area (Å²) in [4.78, 5) is 0. The second kappa shape index (κ2) is 7.09. The molecule has 4 heteroatoms. The molecule has 0 saturated heterocycles. The highest BCUT2D eigenvalue weighted by Gasteiger charge is 2.25. The first kappa shape index (κ1) is 17.4. The second-order valence-electron chi connectivity index (χ2n) is 5.94. The van der Waals surface area contributed by atoms with Gasteiger partial charge in [-0.25, -0.2) is 0 Å². The molecule has 0 bridgehead atoms. The summed E-state index contributed by atoms with van der Waals surface area (Å²) in [6.45, 7) is 6.80. The van der Waals surface area contributed by atoms with E-state index >= 15 is 0 Å². The first-order valence-corrected chi connectivity index (χ1v) is 7.74. The van der Waals surface area contributed by atoms with Crippen molar-refractivity contribution >= 4 is 10.8 Å². The van der Waals surface area contributed by atoms with Crippen LogP contribution in [0.3, 0.4) is 0 Å². The van der Waals surface area contributed by atoms with Crippen LogP contribution in [0.1, 0.15) is 36.5 Å². The van der Waals surface area contributed by atoms with Crippen LogP contribution in [0.5, 0.6) is 17.2 Å². The first-order chi connectivity index (χ1) is 11.0. The van der Waals surface area contributed by atoms with Crippen molar-refractivity contribution in [3.05, 3.63) is 28.8 Å². The maximum Gasteiger partial charge on any atom is 0.167 e. The van der Waals surface area contributed by atoms with Gasteiger partial charge in [0, 0.05) is 23.6 Å². The number of hydrogen-bond donors (Lipinski definition) is 0. The van der Waals surface area contributed by atoms with Gasteiger partial charge in [0.15, 0.2) is 11.5 Å². The van der Waals surface area contributed by atoms with Crippen LogP contribution in [0.25, 0.3) is 10.8 Å². The molecular formula is C19H26O4. The maximum atomic E-state index is 5.72. The highest BCUT2D eigenvalue weighted by Crippen LogP contribution is 2.48. The summed E-state index contributed by atoms with van der Waals surface area (Å²) in [6, 6.07) is 4.21. The van der Waals surface area contributed by atoms with Gasteiger partial charge >= 0.3 is 0 Å². The number of hydrogen-bond acceptors (Lipinski definition) is 4. The van der Waals surface area contributed by atoms with Crippen LogP contribution in [0.2, 0.25) is 0 Å². The number of benzene rings is 2. The number of rotatable bonds is 6. The Labute approximate surface area is 138 Å². The summed E-state index contributed by atoms with van der Waals surface area (Å²) in [5, 5.41) is 2.16. The number of fused-ring (bicyclic) bond motifs is 1. The van der Waals surface area contributed by atoms with Crippen molar-refractivity contribution in [2.75, 3.05) is 28.4 Å². The monoisotopic (exact) mass is 318 g/mol. The summed E-state index contributed by atoms with van der Waals surface area (Å²) >= 11 is 0. The van der Waals surface area contributed by atoms with Crippen molar-refractivity contribution in [1.29, 1.82) is 0 Å². The third-order valence-corrected chi connectivity index (χ3v) is 4.06. The Bertz CT molecular complexity index is 705. The van der Waals surface area contributed by atoms with E-state index in [1.54, 1.807) is 28.4 Å². The molecule has 0 N–H and O–H groups in total. The standard InChI is InChI=1S/C19H26O4/c1-11(2)16-13-8-12(3)9-15(21-5)17(13)14(10-20-4)18(22-6)19(16)23-7/h8-9,11H,10H2,1-7H3. The molecule has 0 fully saturated rings. The first-order valence-electron chi connectivity index (χ1n) is 7.74. The normalized spacial score (nSPS) is 11.1. The fourth-order valence-electron chi connectivity index (χ4n) is 3.21. The van der Waals surface area contributed by atoms with E-state index in [-0.39, 0.29) is 5.92 Å². The molecule has 0 atom stereocenters. The van der Waals surface area contributed by atoms with Gasteiger partial charge in [-0.05, 0) is 29.9 Å². The molecule has 23 heavy (non-hydrogen) atoms. The van der Waals surface area contributed by atoms with Gasteiger partial charge in [-0.2, -0.15) is 0 Å². The lowest BCUT2D eigenvalue weighted by Gasteiger charge is -2.23. The lowest BCUT2D eigenvalue weighted by molar-refractivity contribution is 0.182. The molecule has 2 aromatic rings. The number of methoxy groups -OCH3 is 4. The maximum absolute atomic E-state index is 5.72. The van der Waals surface area contributed by atoms with Crippen LogP contribution >= 0.6 is 0 Å². The molecular weight excluding hydrogens is 292 g/mol. The zero-order valence-corrected chi connectivity index (χ0v) is 15.1. The van der Waals surface area contributed by atoms with E-state index in [1.165, 1.54) is 0 Å². The number of aryl methyl sites for hydroxylation is 1. The van der Waals surface area contributed by atoms with Gasteiger partial charge in [-0.1, -0.05) is 19.9 Å². The molecule has 126 valence electrons. The smallest absolute Gasteiger partial charge is 0.167 e. The Hall–Kier alpha value is -1.94. The fourth-order valence-corrected chi connectivity index (χ4v) is 3.21. The van der Waals surface area contributed by atoms with E-state index in [4.69, 9.17) is 18.9 Å². The Morgan fingerprint density at radius 2 is 1.57 bits per heavy atom. The van der Waals surface area contributed by atoms with Crippen molar-refractivity contribution in [3.8, 4) is 17.2 Å². The van der Waals surface area contributed by atoms with E-state index in [0.29, 0.717) is 12.4 Å². The van der Waals surface area contributed by atoms with Crippen LogP contribution in [0.4, 0.5) is 0 Å². The van der Waals surface area contributed by atoms with Crippen molar-refractivity contribution in [1.82, 2.24) is 0 Å². The summed E-state index contributed by atoms with van der Waals surface area (Å²) in [5.74, 6) is 2.60. The minimum atomic E-state index is 0.282. The Balaban J connectivity index is 3.08. The van der Waals surface area contributed by atoms with Gasteiger partial charge in [0.1, 0.15) is 5.75 Å². The van der Waals surface area contributed by atoms with Gasteiger partial charge in [0.25, 0.3) is 0 Å². The van der Waals surface area contributed by atoms with Gasteiger partial charge in [-0.15, -0.1) is 0 Å². The van der Waals surface area contributed by atoms with E-state index in [2.05, 4.69) is 26.8 Å². The van der Waals surface area contributed by atoms with E-state index in [9.17, 15) is 0 Å².